The number of nitrogens with zero attached hydrogens (tertiary/aromatic N) is 4. The molecule has 2 aromatic rings. The van der Waals surface area contributed by atoms with E-state index in [9.17, 15) is 19.5 Å². The summed E-state index contributed by atoms with van der Waals surface area (Å²) in [4.78, 5) is 48.4. The van der Waals surface area contributed by atoms with Crippen LogP contribution in [0.2, 0.25) is 0 Å². The number of fused-ring (bicyclic) bond motifs is 1. The molecular weight excluding hydrogens is 504 g/mol. The molecule has 0 bridgehead atoms. The van der Waals surface area contributed by atoms with Gasteiger partial charge in [0.15, 0.2) is 5.13 Å². The molecule has 34 heavy (non-hydrogen) atoms. The summed E-state index contributed by atoms with van der Waals surface area (Å²) in [6, 6.07) is -0.598. The molecule has 12 nitrogen and oxygen atoms in total. The van der Waals surface area contributed by atoms with E-state index in [1.807, 2.05) is 13.0 Å². The topological polar surface area (TPSA) is 194 Å². The molecular formula is C19H20N6O6S3. The Morgan fingerprint density at radius 2 is 2.06 bits per heavy atom. The number of carbonyl (C=O) groups excluding carboxylic acids is 1. The smallest absolute Gasteiger partial charge is 0.360 e. The Hall–Kier alpha value is -3.27. The Morgan fingerprint density at radius 1 is 1.32 bits per heavy atom. The number of β-lactam (4-membered cyclic amide) rings is 1. The Kier molecular flexibility index (Phi) is 8.03. The fourth-order valence-electron chi connectivity index (χ4n) is 3.00. The fourth-order valence-corrected chi connectivity index (χ4v) is 5.51. The third kappa shape index (κ3) is 5.27. The first kappa shape index (κ1) is 25.4. The van der Waals surface area contributed by atoms with Gasteiger partial charge in [-0.3, -0.25) is 9.69 Å². The zero-order valence-electron chi connectivity index (χ0n) is 17.9. The van der Waals surface area contributed by atoms with Crippen LogP contribution >= 0.6 is 34.4 Å². The zero-order valence-corrected chi connectivity index (χ0v) is 20.3. The predicted molar refractivity (Wildman–Crippen MR) is 129 cm³/mol. The third-order valence-corrected chi connectivity index (χ3v) is 7.50. The molecule has 0 saturated carbocycles. The largest absolute Gasteiger partial charge is 0.477 e. The second-order valence-corrected chi connectivity index (χ2v) is 9.63. The van der Waals surface area contributed by atoms with E-state index in [0.717, 1.165) is 21.9 Å². The number of amides is 1. The van der Waals surface area contributed by atoms with Crippen molar-refractivity contribution >= 4 is 69.2 Å². The number of thioether (sulfide) groups is 1. The summed E-state index contributed by atoms with van der Waals surface area (Å²) in [5, 5.41) is 22.9. The number of hydrogen-bond donors (Lipinski definition) is 4. The molecule has 4 heterocycles. The summed E-state index contributed by atoms with van der Waals surface area (Å²) in [6.07, 6.45) is 3.60. The first-order valence-electron chi connectivity index (χ1n) is 9.46. The predicted octanol–water partition coefficient (Wildman–Crippen LogP) is 1.21. The molecule has 2 aliphatic heterocycles. The number of rotatable bonds is 6. The highest BCUT2D eigenvalue weighted by Crippen LogP contribution is 2.39. The van der Waals surface area contributed by atoms with Gasteiger partial charge in [0.05, 0.1) is 11.2 Å². The van der Waals surface area contributed by atoms with E-state index < -0.39 is 18.0 Å². The first-order chi connectivity index (χ1) is 16.1. The summed E-state index contributed by atoms with van der Waals surface area (Å²) < 4.78 is 0. The normalized spacial score (nSPS) is 19.9. The van der Waals surface area contributed by atoms with E-state index in [2.05, 4.69) is 20.0 Å². The number of thiazole rings is 2. The van der Waals surface area contributed by atoms with Gasteiger partial charge in [-0.1, -0.05) is 11.2 Å². The Morgan fingerprint density at radius 3 is 2.59 bits per heavy atom. The van der Waals surface area contributed by atoms with Crippen LogP contribution in [0, 0.1) is 6.92 Å². The highest BCUT2D eigenvalue weighted by atomic mass is 32.2. The minimum Gasteiger partial charge on any atom is -0.477 e. The Labute approximate surface area is 205 Å². The SMILES string of the molecule is CON=C(C(=O)O)c1csc(N)n1.Cc1ncsc1C=CC1=C(C(=O)O)N2C(=O)C(N)[C@@H]2SC1. The van der Waals surface area contributed by atoms with Crippen LogP contribution in [0.5, 0.6) is 0 Å². The number of hydrogen-bond acceptors (Lipinski definition) is 12. The van der Waals surface area contributed by atoms with E-state index in [4.69, 9.17) is 16.6 Å². The van der Waals surface area contributed by atoms with E-state index in [0.29, 0.717) is 16.5 Å². The molecule has 15 heteroatoms. The van der Waals surface area contributed by atoms with Crippen molar-refractivity contribution in [2.24, 2.45) is 10.9 Å². The van der Waals surface area contributed by atoms with Gasteiger partial charge >= 0.3 is 11.9 Å². The monoisotopic (exact) mass is 524 g/mol. The minimum absolute atomic E-state index is 0.0452. The Balaban J connectivity index is 0.000000215. The maximum atomic E-state index is 11.8. The number of nitrogen functional groups attached to an aromatic ring is 1. The van der Waals surface area contributed by atoms with Crippen molar-refractivity contribution in [2.75, 3.05) is 18.6 Å². The molecule has 2 aliphatic rings. The van der Waals surface area contributed by atoms with Crippen LogP contribution in [-0.2, 0) is 19.2 Å². The number of carbonyl (C=O) groups is 3. The number of nitrogens with two attached hydrogens (primary N) is 2. The number of carboxylic acids is 2. The maximum absolute atomic E-state index is 11.8. The highest BCUT2D eigenvalue weighted by molar-refractivity contribution is 8.00. The molecule has 6 N–H and O–H groups in total. The number of aromatic nitrogens is 2. The van der Waals surface area contributed by atoms with Crippen LogP contribution in [0.1, 0.15) is 16.3 Å². The minimum atomic E-state index is -1.20. The molecule has 1 unspecified atom stereocenters. The second-order valence-electron chi connectivity index (χ2n) is 6.75. The lowest BCUT2D eigenvalue weighted by Gasteiger charge is -2.47. The lowest BCUT2D eigenvalue weighted by atomic mass is 10.0. The van der Waals surface area contributed by atoms with Crippen molar-refractivity contribution in [3.63, 3.8) is 0 Å². The van der Waals surface area contributed by atoms with E-state index in [-0.39, 0.29) is 28.4 Å². The maximum Gasteiger partial charge on any atom is 0.360 e. The first-order valence-corrected chi connectivity index (χ1v) is 12.3. The van der Waals surface area contributed by atoms with Crippen molar-refractivity contribution in [3.8, 4) is 0 Å². The fraction of sp³-hybridized carbons (Fsp3) is 0.263. The van der Waals surface area contributed by atoms with Gasteiger partial charge in [-0.15, -0.1) is 34.4 Å². The van der Waals surface area contributed by atoms with Crippen molar-refractivity contribution < 1.29 is 29.4 Å². The van der Waals surface area contributed by atoms with Crippen LogP contribution in [0.25, 0.3) is 6.08 Å². The summed E-state index contributed by atoms with van der Waals surface area (Å²) in [7, 11) is 1.26. The van der Waals surface area contributed by atoms with E-state index >= 15 is 0 Å². The van der Waals surface area contributed by atoms with Crippen LogP contribution in [0.3, 0.4) is 0 Å². The molecule has 2 aromatic heterocycles. The molecule has 1 fully saturated rings. The summed E-state index contributed by atoms with van der Waals surface area (Å²) in [5.74, 6) is -2.10. The number of carboxylic acid groups (broad SMARTS) is 2. The second kappa shape index (κ2) is 10.8. The van der Waals surface area contributed by atoms with Crippen LogP contribution in [0.15, 0.2) is 33.4 Å². The lowest BCUT2D eigenvalue weighted by molar-refractivity contribution is -0.147. The quantitative estimate of drug-likeness (QED) is 0.241. The van der Waals surface area contributed by atoms with Crippen molar-refractivity contribution in [3.05, 3.63) is 44.5 Å². The van der Waals surface area contributed by atoms with E-state index in [1.165, 1.54) is 40.5 Å². The molecule has 1 amide bonds. The lowest BCUT2D eigenvalue weighted by Crippen LogP contribution is -2.68. The molecule has 0 aliphatic carbocycles. The number of anilines is 1. The average Bonchev–Trinajstić information content (AvgIpc) is 3.42. The third-order valence-electron chi connectivity index (χ3n) is 4.61. The highest BCUT2D eigenvalue weighted by Gasteiger charge is 2.51. The van der Waals surface area contributed by atoms with E-state index in [1.54, 1.807) is 11.6 Å². The number of aliphatic carboxylic acids is 2. The molecule has 1 saturated heterocycles. The standard InChI is InChI=1S/C13H13N3O3S2.C6H7N3O3S/c1-6-8(21-5-15-6)3-2-7-4-20-12-9(14)11(17)16(12)10(7)13(18)19;1-12-9-4(5(10)11)3-2-13-6(7)8-3/h2-3,5,9,12H,4,14H2,1H3,(H,18,19);2H,1H3,(H2,7,8)(H,10,11)/t9?,12-;/m0./s1. The van der Waals surface area contributed by atoms with Gasteiger partial charge in [0.25, 0.3) is 0 Å². The van der Waals surface area contributed by atoms with Gasteiger partial charge in [-0.2, -0.15) is 0 Å². The van der Waals surface area contributed by atoms with Gasteiger partial charge in [0.1, 0.15) is 29.9 Å². The van der Waals surface area contributed by atoms with Crippen LogP contribution in [0.4, 0.5) is 5.13 Å². The average molecular weight is 525 g/mol. The molecule has 0 spiro atoms. The van der Waals surface area contributed by atoms with Crippen LogP contribution in [-0.4, -0.2) is 72.9 Å². The number of aryl methyl sites for hydroxylation is 1. The van der Waals surface area contributed by atoms with Gasteiger partial charge < -0.3 is 26.5 Å². The van der Waals surface area contributed by atoms with Crippen molar-refractivity contribution in [1.29, 1.82) is 0 Å². The summed E-state index contributed by atoms with van der Waals surface area (Å²) >= 11 is 4.12. The van der Waals surface area contributed by atoms with Gasteiger partial charge in [0.2, 0.25) is 11.6 Å². The molecule has 180 valence electrons. The van der Waals surface area contributed by atoms with Crippen molar-refractivity contribution in [1.82, 2.24) is 14.9 Å². The molecule has 0 aromatic carbocycles. The number of oxime groups is 1. The van der Waals surface area contributed by atoms with Gasteiger partial charge in [-0.05, 0) is 18.6 Å². The van der Waals surface area contributed by atoms with Gasteiger partial charge in [0, 0.05) is 16.0 Å². The Bertz CT molecular complexity index is 1200. The van der Waals surface area contributed by atoms with Crippen molar-refractivity contribution in [2.45, 2.75) is 18.3 Å². The van der Waals surface area contributed by atoms with Crippen LogP contribution < -0.4 is 11.5 Å². The molecule has 2 atom stereocenters. The zero-order chi connectivity index (χ0) is 25.0. The number of allylic oxidation sites excluding steroid dienone is 1. The summed E-state index contributed by atoms with van der Waals surface area (Å²) in [6.45, 7) is 1.90. The molecule has 0 radical (unpaired) electrons. The summed E-state index contributed by atoms with van der Waals surface area (Å²) in [5.41, 5.74) is 14.3. The van der Waals surface area contributed by atoms with Gasteiger partial charge in [-0.25, -0.2) is 19.6 Å². The molecule has 4 rings (SSSR count).